The number of hydrogen-bond acceptors (Lipinski definition) is 4. The minimum absolute atomic E-state index is 0.188. The van der Waals surface area contributed by atoms with E-state index in [1.807, 2.05) is 24.3 Å². The van der Waals surface area contributed by atoms with Crippen LogP contribution in [0.5, 0.6) is 0 Å². The van der Waals surface area contributed by atoms with Gasteiger partial charge in [0, 0.05) is 24.5 Å². The van der Waals surface area contributed by atoms with Crippen LogP contribution < -0.4 is 15.5 Å². The molecule has 0 atom stereocenters. The van der Waals surface area contributed by atoms with Gasteiger partial charge in [-0.3, -0.25) is 9.59 Å². The summed E-state index contributed by atoms with van der Waals surface area (Å²) in [7, 11) is 0. The van der Waals surface area contributed by atoms with Crippen molar-refractivity contribution in [3.05, 3.63) is 48.4 Å². The van der Waals surface area contributed by atoms with Crippen molar-refractivity contribution in [3.8, 4) is 0 Å². The molecule has 0 aliphatic carbocycles. The van der Waals surface area contributed by atoms with E-state index in [0.717, 1.165) is 18.8 Å². The van der Waals surface area contributed by atoms with Crippen molar-refractivity contribution in [1.82, 2.24) is 5.32 Å². The largest absolute Gasteiger partial charge is 0.467 e. The molecule has 1 aromatic heterocycles. The van der Waals surface area contributed by atoms with E-state index in [4.69, 9.17) is 4.42 Å². The molecule has 0 bridgehead atoms. The fourth-order valence-electron chi connectivity index (χ4n) is 2.76. The van der Waals surface area contributed by atoms with Gasteiger partial charge in [-0.25, -0.2) is 0 Å². The Morgan fingerprint density at radius 3 is 2.42 bits per heavy atom. The number of piperidine rings is 1. The van der Waals surface area contributed by atoms with E-state index in [1.54, 1.807) is 12.1 Å². The monoisotopic (exact) mass is 327 g/mol. The summed E-state index contributed by atoms with van der Waals surface area (Å²) in [5.74, 6) is -0.777. The second-order valence-electron chi connectivity index (χ2n) is 5.81. The van der Waals surface area contributed by atoms with E-state index in [1.165, 1.54) is 25.5 Å². The summed E-state index contributed by atoms with van der Waals surface area (Å²) in [5.41, 5.74) is 1.75. The molecule has 1 aromatic carbocycles. The first kappa shape index (κ1) is 16.1. The van der Waals surface area contributed by atoms with Crippen LogP contribution in [0, 0.1) is 0 Å². The van der Waals surface area contributed by atoms with Crippen LogP contribution in [-0.4, -0.2) is 24.9 Å². The van der Waals surface area contributed by atoms with Gasteiger partial charge in [0.05, 0.1) is 12.8 Å². The van der Waals surface area contributed by atoms with Crippen LogP contribution in [0.25, 0.3) is 0 Å². The van der Waals surface area contributed by atoms with Crippen molar-refractivity contribution in [2.24, 2.45) is 0 Å². The molecule has 2 amide bonds. The van der Waals surface area contributed by atoms with Gasteiger partial charge in [-0.2, -0.15) is 0 Å². The highest BCUT2D eigenvalue weighted by molar-refractivity contribution is 6.39. The SMILES string of the molecule is O=C(NCc1ccco1)C(=O)Nc1ccc(N2CCCCC2)cc1. The highest BCUT2D eigenvalue weighted by Gasteiger charge is 2.15. The standard InChI is InChI=1S/C18H21N3O3/c22-17(19-13-16-5-4-12-24-16)18(23)20-14-6-8-15(9-7-14)21-10-2-1-3-11-21/h4-9,12H,1-3,10-11,13H2,(H,19,22)(H,20,23). The number of rotatable bonds is 4. The maximum atomic E-state index is 11.9. The van der Waals surface area contributed by atoms with Gasteiger partial charge in [-0.1, -0.05) is 0 Å². The molecule has 2 heterocycles. The molecular weight excluding hydrogens is 306 g/mol. The summed E-state index contributed by atoms with van der Waals surface area (Å²) in [6.45, 7) is 2.33. The molecule has 1 aliphatic rings. The van der Waals surface area contributed by atoms with Crippen LogP contribution in [0.3, 0.4) is 0 Å². The Morgan fingerprint density at radius 1 is 1.00 bits per heavy atom. The molecule has 2 N–H and O–H groups in total. The molecule has 0 radical (unpaired) electrons. The number of furan rings is 1. The normalized spacial score (nSPS) is 14.2. The highest BCUT2D eigenvalue weighted by atomic mass is 16.3. The van der Waals surface area contributed by atoms with Crippen molar-refractivity contribution in [2.75, 3.05) is 23.3 Å². The molecular formula is C18H21N3O3. The van der Waals surface area contributed by atoms with E-state index in [9.17, 15) is 9.59 Å². The molecule has 1 saturated heterocycles. The predicted molar refractivity (Wildman–Crippen MR) is 91.7 cm³/mol. The lowest BCUT2D eigenvalue weighted by atomic mass is 10.1. The number of nitrogens with one attached hydrogen (secondary N) is 2. The van der Waals surface area contributed by atoms with Gasteiger partial charge in [0.15, 0.2) is 0 Å². The molecule has 3 rings (SSSR count). The van der Waals surface area contributed by atoms with E-state index in [2.05, 4.69) is 15.5 Å². The van der Waals surface area contributed by atoms with Crippen LogP contribution in [0.1, 0.15) is 25.0 Å². The fourth-order valence-corrected chi connectivity index (χ4v) is 2.76. The van der Waals surface area contributed by atoms with Crippen molar-refractivity contribution in [2.45, 2.75) is 25.8 Å². The molecule has 2 aromatic rings. The van der Waals surface area contributed by atoms with Gasteiger partial charge in [-0.05, 0) is 55.7 Å². The van der Waals surface area contributed by atoms with Gasteiger partial charge >= 0.3 is 11.8 Å². The Morgan fingerprint density at radius 2 is 1.75 bits per heavy atom. The third-order valence-electron chi connectivity index (χ3n) is 4.06. The number of carbonyl (C=O) groups is 2. The Hall–Kier alpha value is -2.76. The summed E-state index contributed by atoms with van der Waals surface area (Å²) in [6, 6.07) is 11.1. The molecule has 1 aliphatic heterocycles. The predicted octanol–water partition coefficient (Wildman–Crippen LogP) is 2.52. The summed E-state index contributed by atoms with van der Waals surface area (Å²) in [6.07, 6.45) is 5.24. The second-order valence-corrected chi connectivity index (χ2v) is 5.81. The Labute approximate surface area is 140 Å². The van der Waals surface area contributed by atoms with E-state index < -0.39 is 11.8 Å². The van der Waals surface area contributed by atoms with Crippen LogP contribution in [0.2, 0.25) is 0 Å². The zero-order valence-corrected chi connectivity index (χ0v) is 13.5. The molecule has 0 spiro atoms. The van der Waals surface area contributed by atoms with Gasteiger partial charge < -0.3 is 20.0 Å². The van der Waals surface area contributed by atoms with Crippen molar-refractivity contribution in [3.63, 3.8) is 0 Å². The Balaban J connectivity index is 1.51. The molecule has 6 heteroatoms. The molecule has 0 saturated carbocycles. The number of benzene rings is 1. The first-order valence-electron chi connectivity index (χ1n) is 8.19. The first-order valence-corrected chi connectivity index (χ1v) is 8.19. The van der Waals surface area contributed by atoms with E-state index >= 15 is 0 Å². The van der Waals surface area contributed by atoms with E-state index in [-0.39, 0.29) is 6.54 Å². The quantitative estimate of drug-likeness (QED) is 0.846. The van der Waals surface area contributed by atoms with Crippen molar-refractivity contribution in [1.29, 1.82) is 0 Å². The average molecular weight is 327 g/mol. The fraction of sp³-hybridized carbons (Fsp3) is 0.333. The molecule has 126 valence electrons. The summed E-state index contributed by atoms with van der Waals surface area (Å²) in [4.78, 5) is 26.0. The van der Waals surface area contributed by atoms with Crippen molar-refractivity contribution >= 4 is 23.2 Å². The number of hydrogen-bond donors (Lipinski definition) is 2. The van der Waals surface area contributed by atoms with Gasteiger partial charge in [0.1, 0.15) is 5.76 Å². The van der Waals surface area contributed by atoms with Gasteiger partial charge in [0.25, 0.3) is 0 Å². The lowest BCUT2D eigenvalue weighted by Gasteiger charge is -2.28. The lowest BCUT2D eigenvalue weighted by Crippen LogP contribution is -2.34. The summed E-state index contributed by atoms with van der Waals surface area (Å²) < 4.78 is 5.10. The lowest BCUT2D eigenvalue weighted by molar-refractivity contribution is -0.136. The third kappa shape index (κ3) is 4.16. The smallest absolute Gasteiger partial charge is 0.313 e. The van der Waals surface area contributed by atoms with Gasteiger partial charge in [-0.15, -0.1) is 0 Å². The van der Waals surface area contributed by atoms with Crippen LogP contribution in [0.15, 0.2) is 47.1 Å². The van der Waals surface area contributed by atoms with Gasteiger partial charge in [0.2, 0.25) is 0 Å². The third-order valence-corrected chi connectivity index (χ3v) is 4.06. The van der Waals surface area contributed by atoms with Crippen molar-refractivity contribution < 1.29 is 14.0 Å². The molecule has 6 nitrogen and oxygen atoms in total. The number of anilines is 2. The number of carbonyl (C=O) groups excluding carboxylic acids is 2. The van der Waals surface area contributed by atoms with Crippen LogP contribution >= 0.6 is 0 Å². The minimum Gasteiger partial charge on any atom is -0.467 e. The van der Waals surface area contributed by atoms with E-state index in [0.29, 0.717) is 11.4 Å². The second kappa shape index (κ2) is 7.68. The number of amides is 2. The Bertz CT molecular complexity index is 674. The maximum Gasteiger partial charge on any atom is 0.313 e. The minimum atomic E-state index is -0.688. The zero-order chi connectivity index (χ0) is 16.8. The first-order chi connectivity index (χ1) is 11.7. The summed E-state index contributed by atoms with van der Waals surface area (Å²) >= 11 is 0. The summed E-state index contributed by atoms with van der Waals surface area (Å²) in [5, 5.41) is 5.12. The highest BCUT2D eigenvalue weighted by Crippen LogP contribution is 2.21. The topological polar surface area (TPSA) is 74.6 Å². The van der Waals surface area contributed by atoms with Crippen LogP contribution in [0.4, 0.5) is 11.4 Å². The average Bonchev–Trinajstić information content (AvgIpc) is 3.14. The van der Waals surface area contributed by atoms with Crippen LogP contribution in [-0.2, 0) is 16.1 Å². The molecule has 0 unspecified atom stereocenters. The number of nitrogens with zero attached hydrogens (tertiary/aromatic N) is 1. The maximum absolute atomic E-state index is 11.9. The molecule has 24 heavy (non-hydrogen) atoms. The molecule has 1 fully saturated rings. The zero-order valence-electron chi connectivity index (χ0n) is 13.5. The Kier molecular flexibility index (Phi) is 5.15.